The summed E-state index contributed by atoms with van der Waals surface area (Å²) in [6.45, 7) is 8.29. The molecule has 17 heavy (non-hydrogen) atoms. The van der Waals surface area contributed by atoms with Gasteiger partial charge in [0.25, 0.3) is 0 Å². The first kappa shape index (κ1) is 13.8. The number of hydrogen-bond acceptors (Lipinski definition) is 3. The van der Waals surface area contributed by atoms with Crippen molar-refractivity contribution in [3.8, 4) is 5.75 Å². The number of anilines is 1. The van der Waals surface area contributed by atoms with Crippen LogP contribution in [-0.2, 0) is 0 Å². The Balaban J connectivity index is 2.40. The van der Waals surface area contributed by atoms with Gasteiger partial charge in [-0.1, -0.05) is 20.8 Å². The fourth-order valence-electron chi connectivity index (χ4n) is 1.57. The van der Waals surface area contributed by atoms with Crippen molar-refractivity contribution in [2.24, 2.45) is 5.92 Å². The molecule has 0 amide bonds. The Hall–Kier alpha value is -1.25. The molecule has 0 radical (unpaired) electrons. The molecule has 0 aliphatic rings. The van der Waals surface area contributed by atoms with E-state index >= 15 is 0 Å². The van der Waals surface area contributed by atoms with E-state index < -0.39 is 0 Å². The van der Waals surface area contributed by atoms with Crippen molar-refractivity contribution >= 4 is 5.82 Å². The van der Waals surface area contributed by atoms with Crippen molar-refractivity contribution in [2.75, 3.05) is 18.5 Å². The molecule has 0 aromatic carbocycles. The van der Waals surface area contributed by atoms with Crippen LogP contribution in [0.25, 0.3) is 0 Å². The van der Waals surface area contributed by atoms with Crippen molar-refractivity contribution in [1.29, 1.82) is 0 Å². The molecule has 0 saturated heterocycles. The number of pyridine rings is 1. The lowest BCUT2D eigenvalue weighted by atomic mass is 10.1. The zero-order valence-corrected chi connectivity index (χ0v) is 11.2. The SMILES string of the molecule is CCCOc1cccnc1NCCCC(C)C. The fraction of sp³-hybridized carbons (Fsp3) is 0.643. The van der Waals surface area contributed by atoms with E-state index in [1.165, 1.54) is 12.8 Å². The molecule has 1 rings (SSSR count). The quantitative estimate of drug-likeness (QED) is 0.698. The van der Waals surface area contributed by atoms with Crippen LogP contribution in [0.4, 0.5) is 5.82 Å². The largest absolute Gasteiger partial charge is 0.490 e. The Morgan fingerprint density at radius 3 is 2.94 bits per heavy atom. The molecule has 1 N–H and O–H groups in total. The van der Waals surface area contributed by atoms with Crippen LogP contribution in [0.3, 0.4) is 0 Å². The molecule has 0 aliphatic heterocycles. The highest BCUT2D eigenvalue weighted by molar-refractivity contribution is 5.49. The predicted molar refractivity (Wildman–Crippen MR) is 72.6 cm³/mol. The van der Waals surface area contributed by atoms with E-state index in [9.17, 15) is 0 Å². The van der Waals surface area contributed by atoms with Crippen molar-refractivity contribution in [1.82, 2.24) is 4.98 Å². The molecular weight excluding hydrogens is 212 g/mol. The van der Waals surface area contributed by atoms with Gasteiger partial charge < -0.3 is 10.1 Å². The number of rotatable bonds is 8. The Morgan fingerprint density at radius 2 is 2.24 bits per heavy atom. The minimum atomic E-state index is 0.742. The zero-order chi connectivity index (χ0) is 12.5. The second-order valence-electron chi connectivity index (χ2n) is 4.66. The van der Waals surface area contributed by atoms with Crippen molar-refractivity contribution in [3.05, 3.63) is 18.3 Å². The van der Waals surface area contributed by atoms with Crippen LogP contribution in [-0.4, -0.2) is 18.1 Å². The molecule has 96 valence electrons. The van der Waals surface area contributed by atoms with Gasteiger partial charge in [-0.25, -0.2) is 4.98 Å². The molecule has 0 saturated carbocycles. The van der Waals surface area contributed by atoms with E-state index in [0.29, 0.717) is 0 Å². The molecule has 0 bridgehead atoms. The maximum atomic E-state index is 5.64. The molecule has 1 aromatic rings. The van der Waals surface area contributed by atoms with Crippen molar-refractivity contribution in [2.45, 2.75) is 40.0 Å². The summed E-state index contributed by atoms with van der Waals surface area (Å²) in [6, 6.07) is 3.87. The van der Waals surface area contributed by atoms with Gasteiger partial charge >= 0.3 is 0 Å². The van der Waals surface area contributed by atoms with Gasteiger partial charge in [-0.2, -0.15) is 0 Å². The maximum absolute atomic E-state index is 5.64. The Morgan fingerprint density at radius 1 is 1.41 bits per heavy atom. The summed E-state index contributed by atoms with van der Waals surface area (Å²) < 4.78 is 5.64. The summed E-state index contributed by atoms with van der Waals surface area (Å²) in [6.07, 6.45) is 5.22. The summed E-state index contributed by atoms with van der Waals surface area (Å²) in [5.41, 5.74) is 0. The van der Waals surface area contributed by atoms with Crippen LogP contribution in [0, 0.1) is 5.92 Å². The van der Waals surface area contributed by atoms with Crippen LogP contribution >= 0.6 is 0 Å². The van der Waals surface area contributed by atoms with Crippen molar-refractivity contribution in [3.63, 3.8) is 0 Å². The Kier molecular flexibility index (Phi) is 6.45. The summed E-state index contributed by atoms with van der Waals surface area (Å²) in [4.78, 5) is 4.31. The molecule has 3 nitrogen and oxygen atoms in total. The smallest absolute Gasteiger partial charge is 0.168 e. The second-order valence-corrected chi connectivity index (χ2v) is 4.66. The van der Waals surface area contributed by atoms with Crippen LogP contribution < -0.4 is 10.1 Å². The topological polar surface area (TPSA) is 34.1 Å². The average molecular weight is 236 g/mol. The lowest BCUT2D eigenvalue weighted by Gasteiger charge is -2.12. The minimum absolute atomic E-state index is 0.742. The zero-order valence-electron chi connectivity index (χ0n) is 11.2. The highest BCUT2D eigenvalue weighted by Gasteiger charge is 2.03. The van der Waals surface area contributed by atoms with E-state index in [2.05, 4.69) is 31.1 Å². The Bertz CT molecular complexity index is 313. The maximum Gasteiger partial charge on any atom is 0.168 e. The molecule has 0 atom stereocenters. The van der Waals surface area contributed by atoms with E-state index in [0.717, 1.165) is 37.1 Å². The normalized spacial score (nSPS) is 10.6. The molecule has 0 fully saturated rings. The first-order valence-electron chi connectivity index (χ1n) is 6.55. The van der Waals surface area contributed by atoms with Crippen LogP contribution in [0.2, 0.25) is 0 Å². The molecule has 0 spiro atoms. The van der Waals surface area contributed by atoms with Gasteiger partial charge in [0.1, 0.15) is 0 Å². The van der Waals surface area contributed by atoms with Crippen molar-refractivity contribution < 1.29 is 4.74 Å². The number of nitrogens with one attached hydrogen (secondary N) is 1. The lowest BCUT2D eigenvalue weighted by Crippen LogP contribution is -2.07. The third kappa shape index (κ3) is 5.57. The highest BCUT2D eigenvalue weighted by atomic mass is 16.5. The molecular formula is C14H24N2O. The monoisotopic (exact) mass is 236 g/mol. The third-order valence-corrected chi connectivity index (χ3v) is 2.48. The van der Waals surface area contributed by atoms with E-state index in [4.69, 9.17) is 4.74 Å². The molecule has 1 aromatic heterocycles. The number of hydrogen-bond donors (Lipinski definition) is 1. The van der Waals surface area contributed by atoms with Gasteiger partial charge in [0.2, 0.25) is 0 Å². The highest BCUT2D eigenvalue weighted by Crippen LogP contribution is 2.21. The second kappa shape index (κ2) is 7.93. The molecule has 0 unspecified atom stereocenters. The van der Waals surface area contributed by atoms with Gasteiger partial charge in [-0.3, -0.25) is 0 Å². The van der Waals surface area contributed by atoms with E-state index in [-0.39, 0.29) is 0 Å². The first-order valence-corrected chi connectivity index (χ1v) is 6.55. The van der Waals surface area contributed by atoms with Gasteiger partial charge in [0.05, 0.1) is 6.61 Å². The summed E-state index contributed by atoms with van der Waals surface area (Å²) >= 11 is 0. The van der Waals surface area contributed by atoms with Gasteiger partial charge in [-0.15, -0.1) is 0 Å². The predicted octanol–water partition coefficient (Wildman–Crippen LogP) is 3.72. The number of ether oxygens (including phenoxy) is 1. The van der Waals surface area contributed by atoms with Crippen LogP contribution in [0.1, 0.15) is 40.0 Å². The third-order valence-electron chi connectivity index (χ3n) is 2.48. The van der Waals surface area contributed by atoms with Crippen LogP contribution in [0.15, 0.2) is 18.3 Å². The minimum Gasteiger partial charge on any atom is -0.490 e. The van der Waals surface area contributed by atoms with Gasteiger partial charge in [-0.05, 0) is 37.3 Å². The van der Waals surface area contributed by atoms with Crippen LogP contribution in [0.5, 0.6) is 5.75 Å². The molecule has 1 heterocycles. The number of aromatic nitrogens is 1. The summed E-state index contributed by atoms with van der Waals surface area (Å²) in [5.74, 6) is 2.49. The fourth-order valence-corrected chi connectivity index (χ4v) is 1.57. The average Bonchev–Trinajstić information content (AvgIpc) is 2.33. The first-order chi connectivity index (χ1) is 8.24. The Labute approximate surface area is 105 Å². The molecule has 3 heteroatoms. The number of nitrogens with zero attached hydrogens (tertiary/aromatic N) is 1. The van der Waals surface area contributed by atoms with Gasteiger partial charge in [0, 0.05) is 12.7 Å². The van der Waals surface area contributed by atoms with E-state index in [1.807, 2.05) is 12.1 Å². The van der Waals surface area contributed by atoms with E-state index in [1.54, 1.807) is 6.20 Å². The molecule has 0 aliphatic carbocycles. The summed E-state index contributed by atoms with van der Waals surface area (Å²) in [7, 11) is 0. The summed E-state index contributed by atoms with van der Waals surface area (Å²) in [5, 5.41) is 3.34. The standard InChI is InChI=1S/C14H24N2O/c1-4-11-17-13-8-6-10-16-14(13)15-9-5-7-12(2)3/h6,8,10,12H,4-5,7,9,11H2,1-3H3,(H,15,16). The lowest BCUT2D eigenvalue weighted by molar-refractivity contribution is 0.317. The van der Waals surface area contributed by atoms with Gasteiger partial charge in [0.15, 0.2) is 11.6 Å².